The van der Waals surface area contributed by atoms with E-state index in [1.165, 1.54) is 63.5 Å². The summed E-state index contributed by atoms with van der Waals surface area (Å²) < 4.78 is 5.24. The van der Waals surface area contributed by atoms with Gasteiger partial charge in [-0.2, -0.15) is 0 Å². The third kappa shape index (κ3) is 10.7. The molecule has 0 radical (unpaired) electrons. The number of benzene rings is 1. The Morgan fingerprint density at radius 1 is 0.880 bits per heavy atom. The van der Waals surface area contributed by atoms with Crippen molar-refractivity contribution in [2.45, 2.75) is 84.0 Å². The number of carbonyl (C=O) groups is 1. The summed E-state index contributed by atoms with van der Waals surface area (Å²) in [6, 6.07) is 4.61. The second kappa shape index (κ2) is 13.6. The van der Waals surface area contributed by atoms with Crippen LogP contribution in [-0.4, -0.2) is 22.8 Å². The van der Waals surface area contributed by atoms with Crippen LogP contribution in [0.3, 0.4) is 0 Å². The fourth-order valence-corrected chi connectivity index (χ4v) is 2.82. The van der Waals surface area contributed by atoms with Gasteiger partial charge in [0.15, 0.2) is 11.5 Å². The molecule has 1 aromatic rings. The smallest absolute Gasteiger partial charge is 0.306 e. The molecule has 1 aromatic carbocycles. The molecule has 0 atom stereocenters. The maximum atomic E-state index is 11.7. The van der Waals surface area contributed by atoms with E-state index >= 15 is 0 Å². The Balaban J connectivity index is 1.94. The Morgan fingerprint density at radius 2 is 1.48 bits per heavy atom. The molecule has 142 valence electrons. The van der Waals surface area contributed by atoms with Gasteiger partial charge in [0, 0.05) is 6.42 Å². The Morgan fingerprint density at radius 3 is 2.08 bits per heavy atom. The molecule has 0 heterocycles. The predicted octanol–water partition coefficient (Wildman–Crippen LogP) is 5.49. The van der Waals surface area contributed by atoms with Crippen LogP contribution in [0.15, 0.2) is 18.2 Å². The maximum Gasteiger partial charge on any atom is 0.306 e. The van der Waals surface area contributed by atoms with E-state index in [-0.39, 0.29) is 17.5 Å². The van der Waals surface area contributed by atoms with Crippen molar-refractivity contribution < 1.29 is 19.7 Å². The summed E-state index contributed by atoms with van der Waals surface area (Å²) in [7, 11) is 0. The zero-order chi connectivity index (χ0) is 18.3. The van der Waals surface area contributed by atoms with Crippen LogP contribution in [0, 0.1) is 0 Å². The normalized spacial score (nSPS) is 10.8. The van der Waals surface area contributed by atoms with Crippen LogP contribution in [0.1, 0.15) is 83.1 Å². The number of hydrogen-bond acceptors (Lipinski definition) is 4. The minimum Gasteiger partial charge on any atom is -0.504 e. The summed E-state index contributed by atoms with van der Waals surface area (Å²) in [5.41, 5.74) is 0.811. The number of aryl methyl sites for hydroxylation is 1. The molecule has 0 aliphatic heterocycles. The lowest BCUT2D eigenvalue weighted by Crippen LogP contribution is -2.07. The number of ether oxygens (including phenoxy) is 1. The van der Waals surface area contributed by atoms with Gasteiger partial charge in [0.05, 0.1) is 6.61 Å². The van der Waals surface area contributed by atoms with Crippen molar-refractivity contribution >= 4 is 5.97 Å². The molecule has 25 heavy (non-hydrogen) atoms. The lowest BCUT2D eigenvalue weighted by molar-refractivity contribution is -0.143. The van der Waals surface area contributed by atoms with E-state index in [1.54, 1.807) is 6.07 Å². The average molecular weight is 350 g/mol. The molecule has 0 aromatic heterocycles. The largest absolute Gasteiger partial charge is 0.504 e. The summed E-state index contributed by atoms with van der Waals surface area (Å²) in [5, 5.41) is 18.7. The number of esters is 1. The summed E-state index contributed by atoms with van der Waals surface area (Å²) in [6.45, 7) is 2.74. The van der Waals surface area contributed by atoms with E-state index in [4.69, 9.17) is 4.74 Å². The molecular formula is C21H34O4. The number of rotatable bonds is 14. The van der Waals surface area contributed by atoms with Gasteiger partial charge in [-0.3, -0.25) is 4.79 Å². The molecule has 4 nitrogen and oxygen atoms in total. The molecule has 0 unspecified atom stereocenters. The topological polar surface area (TPSA) is 66.8 Å². The van der Waals surface area contributed by atoms with Gasteiger partial charge < -0.3 is 14.9 Å². The molecule has 0 aliphatic rings. The van der Waals surface area contributed by atoms with Crippen molar-refractivity contribution in [3.05, 3.63) is 23.8 Å². The maximum absolute atomic E-state index is 11.7. The second-order valence-electron chi connectivity index (χ2n) is 6.73. The molecule has 0 saturated heterocycles. The van der Waals surface area contributed by atoms with Crippen molar-refractivity contribution in [2.24, 2.45) is 0 Å². The minimum absolute atomic E-state index is 0.146. The van der Waals surface area contributed by atoms with Gasteiger partial charge in [0.2, 0.25) is 0 Å². The van der Waals surface area contributed by atoms with Crippen LogP contribution >= 0.6 is 0 Å². The highest BCUT2D eigenvalue weighted by atomic mass is 16.5. The lowest BCUT2D eigenvalue weighted by Gasteiger charge is -2.06. The molecule has 0 spiro atoms. The molecule has 0 saturated carbocycles. The third-order valence-electron chi connectivity index (χ3n) is 4.42. The summed E-state index contributed by atoms with van der Waals surface area (Å²) in [5.74, 6) is -0.507. The highest BCUT2D eigenvalue weighted by Gasteiger charge is 2.06. The van der Waals surface area contributed by atoms with Gasteiger partial charge in [0.25, 0.3) is 0 Å². The van der Waals surface area contributed by atoms with E-state index in [1.807, 2.05) is 0 Å². The number of hydrogen-bond donors (Lipinski definition) is 2. The summed E-state index contributed by atoms with van der Waals surface area (Å²) >= 11 is 0. The summed E-state index contributed by atoms with van der Waals surface area (Å²) in [6.07, 6.45) is 13.4. The van der Waals surface area contributed by atoms with Gasteiger partial charge >= 0.3 is 5.97 Å². The van der Waals surface area contributed by atoms with E-state index in [9.17, 15) is 15.0 Å². The SMILES string of the molecule is CCCCCCCCCCCCOC(=O)CCc1ccc(O)c(O)c1. The van der Waals surface area contributed by atoms with E-state index in [2.05, 4.69) is 6.92 Å². The monoisotopic (exact) mass is 350 g/mol. The Kier molecular flexibility index (Phi) is 11.6. The zero-order valence-corrected chi connectivity index (χ0v) is 15.6. The second-order valence-corrected chi connectivity index (χ2v) is 6.73. The summed E-state index contributed by atoms with van der Waals surface area (Å²) in [4.78, 5) is 11.7. The Labute approximate surface area is 152 Å². The Bertz CT molecular complexity index is 485. The van der Waals surface area contributed by atoms with Crippen molar-refractivity contribution in [2.75, 3.05) is 6.61 Å². The first-order valence-electron chi connectivity index (χ1n) is 9.80. The first kappa shape index (κ1) is 21.3. The highest BCUT2D eigenvalue weighted by Crippen LogP contribution is 2.25. The quantitative estimate of drug-likeness (QED) is 0.264. The van der Waals surface area contributed by atoms with Gasteiger partial charge in [-0.25, -0.2) is 0 Å². The molecule has 0 bridgehead atoms. The minimum atomic E-state index is -0.205. The third-order valence-corrected chi connectivity index (χ3v) is 4.42. The zero-order valence-electron chi connectivity index (χ0n) is 15.6. The van der Waals surface area contributed by atoms with Crippen molar-refractivity contribution in [3.63, 3.8) is 0 Å². The fraction of sp³-hybridized carbons (Fsp3) is 0.667. The average Bonchev–Trinajstić information content (AvgIpc) is 2.60. The highest BCUT2D eigenvalue weighted by molar-refractivity contribution is 5.69. The number of unbranched alkanes of at least 4 members (excludes halogenated alkanes) is 9. The van der Waals surface area contributed by atoms with Crippen molar-refractivity contribution in [1.82, 2.24) is 0 Å². The molecule has 2 N–H and O–H groups in total. The number of phenolic OH excluding ortho intramolecular Hbond substituents is 2. The van der Waals surface area contributed by atoms with Crippen LogP contribution < -0.4 is 0 Å². The first-order chi connectivity index (χ1) is 12.1. The van der Waals surface area contributed by atoms with Crippen LogP contribution in [0.4, 0.5) is 0 Å². The van der Waals surface area contributed by atoms with E-state index in [0.717, 1.165) is 18.4 Å². The number of aromatic hydroxyl groups is 2. The first-order valence-corrected chi connectivity index (χ1v) is 9.80. The van der Waals surface area contributed by atoms with E-state index in [0.29, 0.717) is 19.4 Å². The lowest BCUT2D eigenvalue weighted by atomic mass is 10.1. The van der Waals surface area contributed by atoms with E-state index < -0.39 is 0 Å². The van der Waals surface area contributed by atoms with Gasteiger partial charge in [-0.1, -0.05) is 70.8 Å². The number of phenols is 2. The molecule has 0 fully saturated rings. The van der Waals surface area contributed by atoms with Gasteiger partial charge in [-0.15, -0.1) is 0 Å². The van der Waals surface area contributed by atoms with Crippen LogP contribution in [0.2, 0.25) is 0 Å². The van der Waals surface area contributed by atoms with Crippen molar-refractivity contribution in [1.29, 1.82) is 0 Å². The van der Waals surface area contributed by atoms with Crippen LogP contribution in [-0.2, 0) is 16.0 Å². The molecule has 4 heteroatoms. The van der Waals surface area contributed by atoms with Crippen LogP contribution in [0.5, 0.6) is 11.5 Å². The van der Waals surface area contributed by atoms with Gasteiger partial charge in [0.1, 0.15) is 0 Å². The molecular weight excluding hydrogens is 316 g/mol. The van der Waals surface area contributed by atoms with Crippen molar-refractivity contribution in [3.8, 4) is 11.5 Å². The molecule has 0 aliphatic carbocycles. The predicted molar refractivity (Wildman–Crippen MR) is 101 cm³/mol. The molecule has 1 rings (SSSR count). The van der Waals surface area contributed by atoms with Crippen LogP contribution in [0.25, 0.3) is 0 Å². The standard InChI is InChI=1S/C21H34O4/c1-2-3-4-5-6-7-8-9-10-11-16-25-21(24)15-13-18-12-14-19(22)20(23)17-18/h12,14,17,22-23H,2-11,13,15-16H2,1H3. The molecule has 0 amide bonds. The fourth-order valence-electron chi connectivity index (χ4n) is 2.82. The van der Waals surface area contributed by atoms with Gasteiger partial charge in [-0.05, 0) is 30.5 Å². The Hall–Kier alpha value is -1.71. The number of carbonyl (C=O) groups excluding carboxylic acids is 1.